The summed E-state index contributed by atoms with van der Waals surface area (Å²) < 4.78 is 0. The second-order valence-corrected chi connectivity index (χ2v) is 8.54. The third kappa shape index (κ3) is 11.4. The maximum atomic E-state index is 13.0. The summed E-state index contributed by atoms with van der Waals surface area (Å²) in [7, 11) is 0. The molecule has 0 aliphatic heterocycles. The molecule has 204 valence electrons. The van der Waals surface area contributed by atoms with E-state index in [-0.39, 0.29) is 23.7 Å². The zero-order valence-corrected chi connectivity index (χ0v) is 21.3. The number of hydrogen-bond acceptors (Lipinski definition) is 10. The molecule has 14 nitrogen and oxygen atoms in total. The third-order valence-electron chi connectivity index (χ3n) is 4.81. The lowest BCUT2D eigenvalue weighted by Gasteiger charge is -2.24. The second kappa shape index (κ2) is 15.6. The highest BCUT2D eigenvalue weighted by Gasteiger charge is 2.31. The molecule has 4 unspecified atom stereocenters. The molecule has 0 saturated carbocycles. The van der Waals surface area contributed by atoms with Gasteiger partial charge in [-0.05, 0) is 17.7 Å². The summed E-state index contributed by atoms with van der Waals surface area (Å²) in [6.45, 7) is -0.722. The lowest BCUT2D eigenvalue weighted by atomic mass is 10.0. The smallest absolute Gasteiger partial charge is 0.322 e. The number of phenolic OH excluding ortho intramolecular Hbond substituents is 1. The number of thiol groups is 2. The number of nitrogens with one attached hydrogen (secondary N) is 4. The van der Waals surface area contributed by atoms with Crippen molar-refractivity contribution >= 4 is 60.8 Å². The number of benzene rings is 1. The van der Waals surface area contributed by atoms with Crippen LogP contribution in [-0.2, 0) is 35.2 Å². The Labute approximate surface area is 223 Å². The number of carbonyl (C=O) groups excluding carboxylic acids is 5. The third-order valence-corrected chi connectivity index (χ3v) is 5.57. The van der Waals surface area contributed by atoms with E-state index in [0.29, 0.717) is 5.56 Å². The minimum atomic E-state index is -1.54. The molecule has 1 aromatic carbocycles. The van der Waals surface area contributed by atoms with E-state index in [1.54, 1.807) is 0 Å². The largest absolute Gasteiger partial charge is 0.508 e. The Kier molecular flexibility index (Phi) is 13.3. The Balaban J connectivity index is 3.07. The van der Waals surface area contributed by atoms with Crippen molar-refractivity contribution in [3.63, 3.8) is 0 Å². The number of rotatable bonds is 15. The van der Waals surface area contributed by atoms with Gasteiger partial charge in [-0.1, -0.05) is 12.1 Å². The number of aliphatic carboxylic acids is 1. The maximum absolute atomic E-state index is 13.0. The summed E-state index contributed by atoms with van der Waals surface area (Å²) in [5.74, 6) is -5.87. The number of primary amides is 1. The van der Waals surface area contributed by atoms with E-state index in [0.717, 1.165) is 0 Å². The number of hydrogen-bond donors (Lipinski definition) is 10. The van der Waals surface area contributed by atoms with Crippen LogP contribution in [0.4, 0.5) is 0 Å². The van der Waals surface area contributed by atoms with Crippen molar-refractivity contribution in [1.29, 1.82) is 0 Å². The average Bonchev–Trinajstić information content (AvgIpc) is 2.84. The minimum Gasteiger partial charge on any atom is -0.508 e. The van der Waals surface area contributed by atoms with Gasteiger partial charge >= 0.3 is 5.97 Å². The predicted molar refractivity (Wildman–Crippen MR) is 138 cm³/mol. The van der Waals surface area contributed by atoms with Gasteiger partial charge in [0.1, 0.15) is 30.4 Å². The number of carboxylic acid groups (broad SMARTS) is 1. The van der Waals surface area contributed by atoms with Crippen LogP contribution in [0.25, 0.3) is 0 Å². The van der Waals surface area contributed by atoms with Crippen molar-refractivity contribution in [2.45, 2.75) is 37.0 Å². The molecule has 0 saturated heterocycles. The predicted octanol–water partition coefficient (Wildman–Crippen LogP) is -3.35. The molecule has 0 radical (unpaired) electrons. The molecule has 1 rings (SSSR count). The van der Waals surface area contributed by atoms with E-state index in [4.69, 9.17) is 16.6 Å². The summed E-state index contributed by atoms with van der Waals surface area (Å²) >= 11 is 7.92. The highest BCUT2D eigenvalue weighted by molar-refractivity contribution is 7.80. The van der Waals surface area contributed by atoms with Gasteiger partial charge < -0.3 is 42.9 Å². The van der Waals surface area contributed by atoms with E-state index in [9.17, 15) is 33.9 Å². The summed E-state index contributed by atoms with van der Waals surface area (Å²) in [5.41, 5.74) is 11.3. The molecule has 0 aliphatic rings. The second-order valence-electron chi connectivity index (χ2n) is 7.81. The maximum Gasteiger partial charge on any atom is 0.322 e. The highest BCUT2D eigenvalue weighted by atomic mass is 32.1. The normalized spacial score (nSPS) is 13.8. The fraction of sp³-hybridized carbons (Fsp3) is 0.429. The van der Waals surface area contributed by atoms with Crippen molar-refractivity contribution in [2.75, 3.05) is 18.1 Å². The number of carbonyl (C=O) groups is 6. The topological polar surface area (TPSA) is 243 Å². The van der Waals surface area contributed by atoms with Gasteiger partial charge in [0, 0.05) is 17.9 Å². The van der Waals surface area contributed by atoms with Gasteiger partial charge in [0.15, 0.2) is 0 Å². The Morgan fingerprint density at radius 3 is 1.86 bits per heavy atom. The molecule has 0 fully saturated rings. The first-order chi connectivity index (χ1) is 17.4. The Bertz CT molecular complexity index is 994. The molecule has 0 heterocycles. The summed E-state index contributed by atoms with van der Waals surface area (Å²) in [6, 6.07) is 0.573. The number of aromatic hydroxyl groups is 1. The van der Waals surface area contributed by atoms with Crippen molar-refractivity contribution in [2.24, 2.45) is 11.5 Å². The molecule has 0 spiro atoms. The summed E-state index contributed by atoms with van der Waals surface area (Å²) in [6.07, 6.45) is -0.769. The van der Waals surface area contributed by atoms with Crippen LogP contribution in [0, 0.1) is 0 Å². The molecule has 1 aromatic rings. The number of nitrogens with two attached hydrogens (primary N) is 2. The molecule has 0 aliphatic carbocycles. The fourth-order valence-corrected chi connectivity index (χ4v) is 3.30. The molecule has 16 heteroatoms. The van der Waals surface area contributed by atoms with Gasteiger partial charge in [-0.2, -0.15) is 25.3 Å². The van der Waals surface area contributed by atoms with E-state index in [1.165, 1.54) is 24.3 Å². The lowest BCUT2D eigenvalue weighted by molar-refractivity contribution is -0.138. The van der Waals surface area contributed by atoms with Gasteiger partial charge in [-0.15, -0.1) is 0 Å². The standard InChI is InChI=1S/C21H30N6O8S2/c22-12(8-36)18(32)27-15(9-37)21(35)26-14(6-16(23)29)20(34)25-13(19(33)24-7-17(30)31)5-10-1-3-11(28)4-2-10/h1-4,12-15,28,36-37H,5-9,22H2,(H2,23,29)(H,24,33)(H,25,34)(H,26,35)(H,27,32)(H,30,31). The minimum absolute atomic E-state index is 0.00577. The molecule has 5 amide bonds. The van der Waals surface area contributed by atoms with Gasteiger partial charge in [0.25, 0.3) is 0 Å². The molecule has 0 bridgehead atoms. The monoisotopic (exact) mass is 558 g/mol. The molecular weight excluding hydrogens is 528 g/mol. The van der Waals surface area contributed by atoms with Gasteiger partial charge in [-0.3, -0.25) is 28.8 Å². The van der Waals surface area contributed by atoms with Crippen LogP contribution in [0.5, 0.6) is 5.75 Å². The zero-order chi connectivity index (χ0) is 28.1. The first-order valence-electron chi connectivity index (χ1n) is 10.8. The first-order valence-corrected chi connectivity index (χ1v) is 12.1. The Morgan fingerprint density at radius 2 is 1.35 bits per heavy atom. The van der Waals surface area contributed by atoms with Crippen LogP contribution >= 0.6 is 25.3 Å². The SMILES string of the molecule is NC(=O)CC(NC(=O)C(CS)NC(=O)C(N)CS)C(=O)NC(Cc1ccc(O)cc1)C(=O)NCC(=O)O. The number of carboxylic acids is 1. The lowest BCUT2D eigenvalue weighted by Crippen LogP contribution is -2.59. The van der Waals surface area contributed by atoms with Crippen LogP contribution in [0.2, 0.25) is 0 Å². The van der Waals surface area contributed by atoms with Crippen LogP contribution in [0.1, 0.15) is 12.0 Å². The van der Waals surface area contributed by atoms with Gasteiger partial charge in [0.05, 0.1) is 12.5 Å². The Morgan fingerprint density at radius 1 is 0.811 bits per heavy atom. The molecule has 37 heavy (non-hydrogen) atoms. The van der Waals surface area contributed by atoms with Crippen molar-refractivity contribution in [3.8, 4) is 5.75 Å². The molecule has 4 atom stereocenters. The molecule has 10 N–H and O–H groups in total. The van der Waals surface area contributed by atoms with E-state index in [1.807, 2.05) is 0 Å². The van der Waals surface area contributed by atoms with Crippen molar-refractivity contribution < 1.29 is 39.0 Å². The van der Waals surface area contributed by atoms with Gasteiger partial charge in [0.2, 0.25) is 29.5 Å². The molecular formula is C21H30N6O8S2. The van der Waals surface area contributed by atoms with E-state index in [2.05, 4.69) is 46.5 Å². The van der Waals surface area contributed by atoms with Crippen LogP contribution < -0.4 is 32.7 Å². The van der Waals surface area contributed by atoms with Crippen LogP contribution in [0.15, 0.2) is 24.3 Å². The quantitative estimate of drug-likeness (QED) is 0.0965. The fourth-order valence-electron chi connectivity index (χ4n) is 2.87. The van der Waals surface area contributed by atoms with Crippen molar-refractivity contribution in [1.82, 2.24) is 21.3 Å². The van der Waals surface area contributed by atoms with E-state index >= 15 is 0 Å². The average molecular weight is 559 g/mol. The molecule has 0 aromatic heterocycles. The first kappa shape index (κ1) is 31.5. The Hall–Kier alpha value is -3.50. The van der Waals surface area contributed by atoms with Crippen LogP contribution in [-0.4, -0.2) is 87.9 Å². The number of phenols is 1. The number of amides is 5. The van der Waals surface area contributed by atoms with E-state index < -0.39 is 72.6 Å². The zero-order valence-electron chi connectivity index (χ0n) is 19.5. The highest BCUT2D eigenvalue weighted by Crippen LogP contribution is 2.12. The van der Waals surface area contributed by atoms with Gasteiger partial charge in [-0.25, -0.2) is 0 Å². The summed E-state index contributed by atoms with van der Waals surface area (Å²) in [4.78, 5) is 72.7. The van der Waals surface area contributed by atoms with Crippen molar-refractivity contribution in [3.05, 3.63) is 29.8 Å². The summed E-state index contributed by atoms with van der Waals surface area (Å²) in [5, 5.41) is 27.5. The van der Waals surface area contributed by atoms with Crippen LogP contribution in [0.3, 0.4) is 0 Å².